The van der Waals surface area contributed by atoms with Gasteiger partial charge in [-0.25, -0.2) is 9.59 Å². The molecule has 8 heteroatoms. The maximum atomic E-state index is 12.6. The number of ether oxygens (including phenoxy) is 2. The minimum Gasteiger partial charge on any atom is -0.454 e. The van der Waals surface area contributed by atoms with Gasteiger partial charge in [-0.15, -0.1) is 0 Å². The van der Waals surface area contributed by atoms with Gasteiger partial charge in [0.05, 0.1) is 0 Å². The van der Waals surface area contributed by atoms with Crippen LogP contribution in [0.1, 0.15) is 54.4 Å². The quantitative estimate of drug-likeness (QED) is 0.531. The predicted octanol–water partition coefficient (Wildman–Crippen LogP) is 3.21. The first-order chi connectivity index (χ1) is 13.3. The van der Waals surface area contributed by atoms with Crippen LogP contribution in [0.2, 0.25) is 0 Å². The standard InChI is InChI=1S/C21H30N2O6/c1-20(2,3)28-18(26)16(24)13-12-15(23-19(27)29-21(4,5)6)17(25)22-14-10-8-7-9-11-14/h7-11,15H,12-13H2,1-6H3,(H,22,25)(H,23,27)/t15-/m0/s1. The fourth-order valence-corrected chi connectivity index (χ4v) is 2.18. The van der Waals surface area contributed by atoms with Crippen molar-refractivity contribution in [2.75, 3.05) is 5.32 Å². The number of carbonyl (C=O) groups excluding carboxylic acids is 4. The summed E-state index contributed by atoms with van der Waals surface area (Å²) in [4.78, 5) is 48.6. The van der Waals surface area contributed by atoms with Gasteiger partial charge in [0.1, 0.15) is 17.2 Å². The second kappa shape index (κ2) is 10.0. The number of carbonyl (C=O) groups is 4. The molecule has 0 radical (unpaired) electrons. The molecule has 0 bridgehead atoms. The van der Waals surface area contributed by atoms with Gasteiger partial charge in [-0.2, -0.15) is 0 Å². The molecule has 0 aromatic heterocycles. The van der Waals surface area contributed by atoms with E-state index in [2.05, 4.69) is 10.6 Å². The lowest BCUT2D eigenvalue weighted by Crippen LogP contribution is -2.46. The molecule has 8 nitrogen and oxygen atoms in total. The number of amides is 2. The van der Waals surface area contributed by atoms with Crippen molar-refractivity contribution in [3.8, 4) is 0 Å². The van der Waals surface area contributed by atoms with Crippen LogP contribution in [0.5, 0.6) is 0 Å². The summed E-state index contributed by atoms with van der Waals surface area (Å²) in [6.45, 7) is 10.0. The summed E-state index contributed by atoms with van der Waals surface area (Å²) in [5.41, 5.74) is -1.02. The topological polar surface area (TPSA) is 111 Å². The molecule has 1 aromatic rings. The van der Waals surface area contributed by atoms with Gasteiger partial charge in [0, 0.05) is 12.1 Å². The van der Waals surface area contributed by atoms with E-state index in [1.165, 1.54) is 0 Å². The lowest BCUT2D eigenvalue weighted by molar-refractivity contribution is -0.162. The van der Waals surface area contributed by atoms with Crippen molar-refractivity contribution in [1.82, 2.24) is 5.32 Å². The number of anilines is 1. The third-order valence-corrected chi connectivity index (χ3v) is 3.34. The van der Waals surface area contributed by atoms with Crippen LogP contribution in [-0.2, 0) is 23.9 Å². The van der Waals surface area contributed by atoms with Crippen molar-refractivity contribution in [1.29, 1.82) is 0 Å². The molecule has 1 rings (SSSR count). The van der Waals surface area contributed by atoms with Gasteiger partial charge in [0.15, 0.2) is 0 Å². The zero-order valence-electron chi connectivity index (χ0n) is 17.8. The van der Waals surface area contributed by atoms with E-state index in [9.17, 15) is 19.2 Å². The summed E-state index contributed by atoms with van der Waals surface area (Å²) >= 11 is 0. The van der Waals surface area contributed by atoms with Crippen LogP contribution in [0, 0.1) is 0 Å². The molecular formula is C21H30N2O6. The second-order valence-corrected chi connectivity index (χ2v) is 8.52. The average molecular weight is 406 g/mol. The first-order valence-electron chi connectivity index (χ1n) is 9.38. The van der Waals surface area contributed by atoms with E-state index in [1.54, 1.807) is 71.9 Å². The third kappa shape index (κ3) is 10.3. The average Bonchev–Trinajstić information content (AvgIpc) is 2.55. The Morgan fingerprint density at radius 1 is 0.897 bits per heavy atom. The fraction of sp³-hybridized carbons (Fsp3) is 0.524. The van der Waals surface area contributed by atoms with Crippen LogP contribution < -0.4 is 10.6 Å². The minimum atomic E-state index is -1.07. The summed E-state index contributed by atoms with van der Waals surface area (Å²) in [6, 6.07) is 7.60. The van der Waals surface area contributed by atoms with E-state index in [1.807, 2.05) is 0 Å². The maximum absolute atomic E-state index is 12.6. The molecular weight excluding hydrogens is 376 g/mol. The summed E-state index contributed by atoms with van der Waals surface area (Å²) in [6.07, 6.45) is -1.15. The van der Waals surface area contributed by atoms with E-state index in [-0.39, 0.29) is 12.8 Å². The van der Waals surface area contributed by atoms with Gasteiger partial charge in [0.2, 0.25) is 11.7 Å². The van der Waals surface area contributed by atoms with Crippen molar-refractivity contribution >= 4 is 29.4 Å². The Morgan fingerprint density at radius 2 is 1.45 bits per heavy atom. The number of Topliss-reactive ketones (excluding diaryl/α,β-unsaturated/α-hetero) is 1. The largest absolute Gasteiger partial charge is 0.454 e. The van der Waals surface area contributed by atoms with Gasteiger partial charge in [-0.3, -0.25) is 9.59 Å². The molecule has 0 heterocycles. The van der Waals surface area contributed by atoms with Gasteiger partial charge in [-0.05, 0) is 60.1 Å². The number of hydrogen-bond donors (Lipinski definition) is 2. The Kier molecular flexibility index (Phi) is 8.36. The van der Waals surface area contributed by atoms with Crippen molar-refractivity contribution in [2.24, 2.45) is 0 Å². The molecule has 1 aromatic carbocycles. The van der Waals surface area contributed by atoms with Crippen LogP contribution in [0.3, 0.4) is 0 Å². The normalized spacial score (nSPS) is 12.5. The summed E-state index contributed by atoms with van der Waals surface area (Å²) in [7, 11) is 0. The van der Waals surface area contributed by atoms with Crippen molar-refractivity contribution in [3.63, 3.8) is 0 Å². The van der Waals surface area contributed by atoms with Crippen LogP contribution in [0.4, 0.5) is 10.5 Å². The molecule has 0 fully saturated rings. The number of ketones is 1. The number of para-hydroxylation sites is 1. The van der Waals surface area contributed by atoms with Crippen molar-refractivity contribution in [2.45, 2.75) is 71.6 Å². The number of benzene rings is 1. The van der Waals surface area contributed by atoms with Gasteiger partial charge in [-0.1, -0.05) is 18.2 Å². The number of nitrogens with one attached hydrogen (secondary N) is 2. The van der Waals surface area contributed by atoms with Gasteiger partial charge in [0.25, 0.3) is 0 Å². The Labute approximate surface area is 171 Å². The van der Waals surface area contributed by atoms with Gasteiger partial charge >= 0.3 is 12.1 Å². The zero-order valence-corrected chi connectivity index (χ0v) is 17.8. The van der Waals surface area contributed by atoms with Crippen LogP contribution in [-0.4, -0.2) is 41.0 Å². The fourth-order valence-electron chi connectivity index (χ4n) is 2.18. The number of rotatable bonds is 7. The Morgan fingerprint density at radius 3 is 1.97 bits per heavy atom. The lowest BCUT2D eigenvalue weighted by Gasteiger charge is -2.23. The van der Waals surface area contributed by atoms with Crippen LogP contribution >= 0.6 is 0 Å². The highest BCUT2D eigenvalue weighted by Crippen LogP contribution is 2.12. The summed E-state index contributed by atoms with van der Waals surface area (Å²) in [5.74, 6) is -2.28. The molecule has 0 unspecified atom stereocenters. The molecule has 29 heavy (non-hydrogen) atoms. The first kappa shape index (κ1) is 24.1. The Bertz CT molecular complexity index is 732. The van der Waals surface area contributed by atoms with E-state index < -0.39 is 41.0 Å². The number of esters is 1. The first-order valence-corrected chi connectivity index (χ1v) is 9.38. The van der Waals surface area contributed by atoms with E-state index in [0.29, 0.717) is 5.69 Å². The third-order valence-electron chi connectivity index (χ3n) is 3.34. The minimum absolute atomic E-state index is 0.0873. The molecule has 1 atom stereocenters. The molecule has 0 aliphatic heterocycles. The van der Waals surface area contributed by atoms with Crippen molar-refractivity contribution < 1.29 is 28.7 Å². The molecule has 0 saturated carbocycles. The highest BCUT2D eigenvalue weighted by molar-refractivity contribution is 6.33. The van der Waals surface area contributed by atoms with Gasteiger partial charge < -0.3 is 20.1 Å². The molecule has 2 amide bonds. The molecule has 0 aliphatic rings. The van der Waals surface area contributed by atoms with E-state index in [4.69, 9.17) is 9.47 Å². The summed E-state index contributed by atoms with van der Waals surface area (Å²) < 4.78 is 10.2. The molecule has 0 saturated heterocycles. The van der Waals surface area contributed by atoms with Crippen molar-refractivity contribution in [3.05, 3.63) is 30.3 Å². The predicted molar refractivity (Wildman–Crippen MR) is 108 cm³/mol. The molecule has 160 valence electrons. The Balaban J connectivity index is 2.81. The second-order valence-electron chi connectivity index (χ2n) is 8.52. The number of alkyl carbamates (subject to hydrolysis) is 1. The Hall–Kier alpha value is -2.90. The van der Waals surface area contributed by atoms with E-state index >= 15 is 0 Å². The molecule has 0 spiro atoms. The van der Waals surface area contributed by atoms with Crippen LogP contribution in [0.25, 0.3) is 0 Å². The monoisotopic (exact) mass is 406 g/mol. The SMILES string of the molecule is CC(C)(C)OC(=O)N[C@@H](CCC(=O)C(=O)OC(C)(C)C)C(=O)Nc1ccccc1. The smallest absolute Gasteiger partial charge is 0.408 e. The lowest BCUT2D eigenvalue weighted by atomic mass is 10.1. The van der Waals surface area contributed by atoms with E-state index in [0.717, 1.165) is 0 Å². The maximum Gasteiger partial charge on any atom is 0.408 e. The molecule has 0 aliphatic carbocycles. The highest BCUT2D eigenvalue weighted by atomic mass is 16.6. The summed E-state index contributed by atoms with van der Waals surface area (Å²) in [5, 5.41) is 5.12. The highest BCUT2D eigenvalue weighted by Gasteiger charge is 2.28. The van der Waals surface area contributed by atoms with Crippen LogP contribution in [0.15, 0.2) is 30.3 Å². The molecule has 2 N–H and O–H groups in total. The zero-order chi connectivity index (χ0) is 22.2. The number of hydrogen-bond acceptors (Lipinski definition) is 6.